The molecule has 1 N–H and O–H groups in total. The second kappa shape index (κ2) is 6.49. The lowest BCUT2D eigenvalue weighted by molar-refractivity contribution is -0.115. The number of hydrogen-bond donors (Lipinski definition) is 1. The number of carbonyl (C=O) groups is 1. The summed E-state index contributed by atoms with van der Waals surface area (Å²) in [6, 6.07) is 5.05. The summed E-state index contributed by atoms with van der Waals surface area (Å²) in [5, 5.41) is 3.47. The molecule has 0 saturated carbocycles. The van der Waals surface area contributed by atoms with Crippen LogP contribution in [0.2, 0.25) is 5.02 Å². The molecule has 0 saturated heterocycles. The van der Waals surface area contributed by atoms with Crippen LogP contribution in [0.5, 0.6) is 0 Å². The van der Waals surface area contributed by atoms with Gasteiger partial charge < -0.3 is 5.32 Å². The summed E-state index contributed by atoms with van der Waals surface area (Å²) in [5.41, 5.74) is 0. The van der Waals surface area contributed by atoms with Crippen LogP contribution in [-0.2, 0) is 4.79 Å². The Balaban J connectivity index is 1.94. The highest BCUT2D eigenvalue weighted by Crippen LogP contribution is 2.19. The molecule has 0 unspecified atom stereocenters. The van der Waals surface area contributed by atoms with Crippen molar-refractivity contribution in [3.63, 3.8) is 0 Å². The van der Waals surface area contributed by atoms with E-state index in [-0.39, 0.29) is 11.2 Å². The molecule has 0 radical (unpaired) electrons. The molecule has 1 amide bonds. The Labute approximate surface area is 119 Å². The quantitative estimate of drug-likeness (QED) is 0.693. The molecule has 1 atom stereocenters. The number of halogens is 1. The van der Waals surface area contributed by atoms with Crippen molar-refractivity contribution in [2.75, 3.05) is 5.32 Å². The van der Waals surface area contributed by atoms with Crippen LogP contribution >= 0.6 is 23.4 Å². The van der Waals surface area contributed by atoms with E-state index in [2.05, 4.69) is 20.3 Å². The van der Waals surface area contributed by atoms with Crippen molar-refractivity contribution < 1.29 is 4.79 Å². The first-order chi connectivity index (χ1) is 9.15. The summed E-state index contributed by atoms with van der Waals surface area (Å²) in [7, 11) is 0. The molecule has 2 aromatic heterocycles. The van der Waals surface area contributed by atoms with Crippen LogP contribution in [0.3, 0.4) is 0 Å². The fraction of sp³-hybridized carbons (Fsp3) is 0.167. The lowest BCUT2D eigenvalue weighted by Crippen LogP contribution is -2.23. The van der Waals surface area contributed by atoms with Crippen molar-refractivity contribution in [3.8, 4) is 0 Å². The first kappa shape index (κ1) is 13.8. The topological polar surface area (TPSA) is 67.8 Å². The molecule has 98 valence electrons. The Kier molecular flexibility index (Phi) is 4.70. The zero-order valence-electron chi connectivity index (χ0n) is 10.1. The van der Waals surface area contributed by atoms with Gasteiger partial charge in [0.2, 0.25) is 5.91 Å². The molecule has 7 heteroatoms. The third-order valence-corrected chi connectivity index (χ3v) is 3.38. The number of hydrogen-bond acceptors (Lipinski definition) is 5. The molecule has 0 fully saturated rings. The van der Waals surface area contributed by atoms with Gasteiger partial charge in [-0.2, -0.15) is 0 Å². The Morgan fingerprint density at radius 1 is 1.32 bits per heavy atom. The summed E-state index contributed by atoms with van der Waals surface area (Å²) in [5.74, 6) is 0.308. The smallest absolute Gasteiger partial charge is 0.238 e. The van der Waals surface area contributed by atoms with Gasteiger partial charge in [-0.1, -0.05) is 23.4 Å². The van der Waals surface area contributed by atoms with E-state index in [0.29, 0.717) is 16.0 Å². The Morgan fingerprint density at radius 2 is 2.05 bits per heavy atom. The van der Waals surface area contributed by atoms with E-state index in [1.165, 1.54) is 18.0 Å². The standard InChI is InChI=1S/C12H11ClN4OS/c1-8(19-12-14-5-2-6-15-12)11(18)17-10-4-3-9(13)7-16-10/h2-8H,1H3,(H,16,17,18)/t8-/m0/s1. The number of nitrogens with zero attached hydrogens (tertiary/aromatic N) is 3. The van der Waals surface area contributed by atoms with Gasteiger partial charge in [-0.15, -0.1) is 0 Å². The van der Waals surface area contributed by atoms with Crippen LogP contribution in [0, 0.1) is 0 Å². The highest BCUT2D eigenvalue weighted by atomic mass is 35.5. The fourth-order valence-corrected chi connectivity index (χ4v) is 2.07. The zero-order valence-corrected chi connectivity index (χ0v) is 11.6. The molecule has 19 heavy (non-hydrogen) atoms. The minimum absolute atomic E-state index is 0.160. The summed E-state index contributed by atoms with van der Waals surface area (Å²) in [6.45, 7) is 1.78. The van der Waals surface area contributed by atoms with Crippen molar-refractivity contribution in [2.24, 2.45) is 0 Å². The van der Waals surface area contributed by atoms with E-state index in [1.807, 2.05) is 0 Å². The monoisotopic (exact) mass is 294 g/mol. The van der Waals surface area contributed by atoms with Crippen molar-refractivity contribution in [1.82, 2.24) is 15.0 Å². The van der Waals surface area contributed by atoms with E-state index in [0.717, 1.165) is 0 Å². The SMILES string of the molecule is C[C@H](Sc1ncccn1)C(=O)Nc1ccc(Cl)cn1. The Morgan fingerprint density at radius 3 is 2.68 bits per heavy atom. The lowest BCUT2D eigenvalue weighted by atomic mass is 10.4. The molecule has 0 spiro atoms. The van der Waals surface area contributed by atoms with E-state index in [9.17, 15) is 4.79 Å². The average Bonchev–Trinajstić information content (AvgIpc) is 2.42. The molecule has 0 bridgehead atoms. The molecule has 2 heterocycles. The maximum Gasteiger partial charge on any atom is 0.238 e. The van der Waals surface area contributed by atoms with Gasteiger partial charge in [-0.05, 0) is 25.1 Å². The molecule has 2 aromatic rings. The number of amides is 1. The highest BCUT2D eigenvalue weighted by Gasteiger charge is 2.16. The molecule has 0 aliphatic rings. The number of rotatable bonds is 4. The Bertz CT molecular complexity index is 549. The van der Waals surface area contributed by atoms with Crippen LogP contribution in [0.25, 0.3) is 0 Å². The number of anilines is 1. The second-order valence-corrected chi connectivity index (χ2v) is 5.39. The third kappa shape index (κ3) is 4.18. The van der Waals surface area contributed by atoms with Crippen LogP contribution in [0.1, 0.15) is 6.92 Å². The molecule has 5 nitrogen and oxygen atoms in total. The molecular weight excluding hydrogens is 284 g/mol. The van der Waals surface area contributed by atoms with Crippen LogP contribution in [0.15, 0.2) is 41.9 Å². The Hall–Kier alpha value is -1.66. The minimum Gasteiger partial charge on any atom is -0.310 e. The van der Waals surface area contributed by atoms with E-state index < -0.39 is 0 Å². The van der Waals surface area contributed by atoms with Gasteiger partial charge in [-0.3, -0.25) is 4.79 Å². The van der Waals surface area contributed by atoms with E-state index >= 15 is 0 Å². The summed E-state index contributed by atoms with van der Waals surface area (Å²) < 4.78 is 0. The fourth-order valence-electron chi connectivity index (χ4n) is 1.24. The number of carbonyl (C=O) groups excluding carboxylic acids is 1. The predicted molar refractivity (Wildman–Crippen MR) is 75.2 cm³/mol. The highest BCUT2D eigenvalue weighted by molar-refractivity contribution is 8.00. The van der Waals surface area contributed by atoms with Crippen molar-refractivity contribution in [3.05, 3.63) is 41.8 Å². The van der Waals surface area contributed by atoms with Gasteiger partial charge in [0.05, 0.1) is 10.3 Å². The maximum atomic E-state index is 11.9. The van der Waals surface area contributed by atoms with E-state index in [4.69, 9.17) is 11.6 Å². The van der Waals surface area contributed by atoms with Gasteiger partial charge >= 0.3 is 0 Å². The van der Waals surface area contributed by atoms with Gasteiger partial charge in [-0.25, -0.2) is 15.0 Å². The normalized spacial score (nSPS) is 11.9. The van der Waals surface area contributed by atoms with Gasteiger partial charge in [0, 0.05) is 18.6 Å². The molecule has 0 aliphatic heterocycles. The first-order valence-electron chi connectivity index (χ1n) is 5.51. The second-order valence-electron chi connectivity index (χ2n) is 3.64. The van der Waals surface area contributed by atoms with Crippen molar-refractivity contribution >= 4 is 35.1 Å². The van der Waals surface area contributed by atoms with Crippen LogP contribution in [-0.4, -0.2) is 26.1 Å². The summed E-state index contributed by atoms with van der Waals surface area (Å²) in [6.07, 6.45) is 4.76. The van der Waals surface area contributed by atoms with Gasteiger partial charge in [0.25, 0.3) is 0 Å². The number of nitrogens with one attached hydrogen (secondary N) is 1. The molecular formula is C12H11ClN4OS. The average molecular weight is 295 g/mol. The van der Waals surface area contributed by atoms with Crippen molar-refractivity contribution in [2.45, 2.75) is 17.3 Å². The number of thioether (sulfide) groups is 1. The van der Waals surface area contributed by atoms with E-state index in [1.54, 1.807) is 37.5 Å². The summed E-state index contributed by atoms with van der Waals surface area (Å²) >= 11 is 7.01. The van der Waals surface area contributed by atoms with Crippen molar-refractivity contribution in [1.29, 1.82) is 0 Å². The minimum atomic E-state index is -0.320. The largest absolute Gasteiger partial charge is 0.310 e. The first-order valence-corrected chi connectivity index (χ1v) is 6.77. The predicted octanol–water partition coefficient (Wildman–Crippen LogP) is 2.64. The lowest BCUT2D eigenvalue weighted by Gasteiger charge is -2.10. The van der Waals surface area contributed by atoms with Crippen LogP contribution in [0.4, 0.5) is 5.82 Å². The molecule has 2 rings (SSSR count). The van der Waals surface area contributed by atoms with Crippen LogP contribution < -0.4 is 5.32 Å². The number of aromatic nitrogens is 3. The zero-order chi connectivity index (χ0) is 13.7. The number of pyridine rings is 1. The van der Waals surface area contributed by atoms with Gasteiger partial charge in [0.15, 0.2) is 5.16 Å². The molecule has 0 aromatic carbocycles. The maximum absolute atomic E-state index is 11.9. The third-order valence-electron chi connectivity index (χ3n) is 2.17. The summed E-state index contributed by atoms with van der Waals surface area (Å²) in [4.78, 5) is 24.1. The van der Waals surface area contributed by atoms with Gasteiger partial charge in [0.1, 0.15) is 5.82 Å². The molecule has 0 aliphatic carbocycles.